The maximum Gasteiger partial charge on any atom is 0.131 e. The van der Waals surface area contributed by atoms with Crippen LogP contribution in [0.15, 0.2) is 18.2 Å². The predicted molar refractivity (Wildman–Crippen MR) is 87.6 cm³/mol. The van der Waals surface area contributed by atoms with Crippen LogP contribution >= 0.6 is 0 Å². The Balaban J connectivity index is 2.44. The maximum atomic E-state index is 10.8. The van der Waals surface area contributed by atoms with Gasteiger partial charge in [-0.2, -0.15) is 0 Å². The molecule has 6 atom stereocenters. The Morgan fingerprint density at radius 3 is 2.32 bits per heavy atom. The van der Waals surface area contributed by atoms with Crippen LogP contribution in [-0.2, 0) is 0 Å². The first-order valence-electron chi connectivity index (χ1n) is 8.27. The fourth-order valence-electron chi connectivity index (χ4n) is 3.30. The minimum absolute atomic E-state index is 0.314. The van der Waals surface area contributed by atoms with E-state index in [1.165, 1.54) is 0 Å². The van der Waals surface area contributed by atoms with Gasteiger partial charge in [-0.1, -0.05) is 6.07 Å². The van der Waals surface area contributed by atoms with Gasteiger partial charge in [0, 0.05) is 11.6 Å². The van der Waals surface area contributed by atoms with Crippen LogP contribution in [0.1, 0.15) is 25.3 Å². The second-order valence-corrected chi connectivity index (χ2v) is 6.06. The Bertz CT molecular complexity index is 580. The van der Waals surface area contributed by atoms with E-state index in [0.717, 1.165) is 0 Å². The van der Waals surface area contributed by atoms with Crippen molar-refractivity contribution in [2.24, 2.45) is 0 Å². The third-order valence-electron chi connectivity index (χ3n) is 4.59. The van der Waals surface area contributed by atoms with Gasteiger partial charge in [0.05, 0.1) is 31.8 Å². The van der Waals surface area contributed by atoms with Crippen molar-refractivity contribution < 1.29 is 40.1 Å². The van der Waals surface area contributed by atoms with Crippen molar-refractivity contribution >= 4 is 0 Å². The van der Waals surface area contributed by atoms with Crippen LogP contribution in [-0.4, -0.2) is 80.5 Å². The smallest absolute Gasteiger partial charge is 0.131 e. The molecule has 0 radical (unpaired) electrons. The number of rotatable bonds is 8. The highest BCUT2D eigenvalue weighted by Crippen LogP contribution is 2.51. The van der Waals surface area contributed by atoms with Crippen molar-refractivity contribution in [2.75, 3.05) is 19.8 Å². The number of hydrogen-bond acceptors (Lipinski definition) is 8. The van der Waals surface area contributed by atoms with Crippen molar-refractivity contribution in [3.8, 4) is 11.5 Å². The monoisotopic (exact) mass is 358 g/mol. The molecule has 0 saturated heterocycles. The third-order valence-corrected chi connectivity index (χ3v) is 4.59. The molecule has 2 rings (SSSR count). The van der Waals surface area contributed by atoms with Gasteiger partial charge in [-0.15, -0.1) is 0 Å². The molecule has 0 aromatic heterocycles. The summed E-state index contributed by atoms with van der Waals surface area (Å²) in [5.41, 5.74) is -1.88. The average molecular weight is 358 g/mol. The summed E-state index contributed by atoms with van der Waals surface area (Å²) >= 11 is 0. The van der Waals surface area contributed by atoms with E-state index < -0.39 is 42.5 Å². The van der Waals surface area contributed by atoms with Crippen molar-refractivity contribution in [1.82, 2.24) is 0 Å². The predicted octanol–water partition coefficient (Wildman–Crippen LogP) is -1.25. The molecule has 142 valence electrons. The summed E-state index contributed by atoms with van der Waals surface area (Å²) < 4.78 is 11.0. The van der Waals surface area contributed by atoms with E-state index in [1.54, 1.807) is 25.1 Å². The van der Waals surface area contributed by atoms with Crippen LogP contribution < -0.4 is 9.47 Å². The highest BCUT2D eigenvalue weighted by atomic mass is 16.5. The van der Waals surface area contributed by atoms with Crippen molar-refractivity contribution in [3.05, 3.63) is 23.8 Å². The molecule has 2 unspecified atom stereocenters. The van der Waals surface area contributed by atoms with Crippen molar-refractivity contribution in [1.29, 1.82) is 0 Å². The Labute approximate surface area is 145 Å². The van der Waals surface area contributed by atoms with Gasteiger partial charge in [0.1, 0.15) is 35.4 Å². The quantitative estimate of drug-likeness (QED) is 0.339. The normalized spacial score (nSPS) is 31.1. The minimum atomic E-state index is -2.24. The Hall–Kier alpha value is -1.42. The first kappa shape index (κ1) is 19.9. The first-order chi connectivity index (χ1) is 11.8. The molecule has 1 aliphatic rings. The van der Waals surface area contributed by atoms with Crippen LogP contribution in [0.25, 0.3) is 0 Å². The first-order valence-corrected chi connectivity index (χ1v) is 8.27. The van der Waals surface area contributed by atoms with Gasteiger partial charge in [-0.3, -0.25) is 0 Å². The molecule has 8 heteroatoms. The SMILES string of the molecule is CCOc1ccc(C2C(O)[C@H](O)[C@@]2(O)[C@H](O)[C@H](O)CO)c(OCC)c1. The van der Waals surface area contributed by atoms with E-state index in [0.29, 0.717) is 30.3 Å². The lowest BCUT2D eigenvalue weighted by molar-refractivity contribution is -0.285. The molecule has 1 aliphatic carbocycles. The number of benzene rings is 1. The van der Waals surface area contributed by atoms with Crippen LogP contribution in [0.3, 0.4) is 0 Å². The summed E-state index contributed by atoms with van der Waals surface area (Å²) in [6.07, 6.45) is -6.59. The van der Waals surface area contributed by atoms with E-state index in [1.807, 2.05) is 6.92 Å². The van der Waals surface area contributed by atoms with Crippen LogP contribution in [0.4, 0.5) is 0 Å². The summed E-state index contributed by atoms with van der Waals surface area (Å²) in [6.45, 7) is 3.54. The zero-order valence-corrected chi connectivity index (χ0v) is 14.2. The molecular formula is C17H26O8. The summed E-state index contributed by atoms with van der Waals surface area (Å²) in [4.78, 5) is 0. The molecule has 0 heterocycles. The fourth-order valence-corrected chi connectivity index (χ4v) is 3.30. The third kappa shape index (κ3) is 3.33. The van der Waals surface area contributed by atoms with Gasteiger partial charge in [-0.25, -0.2) is 0 Å². The van der Waals surface area contributed by atoms with Gasteiger partial charge < -0.3 is 40.1 Å². The molecule has 25 heavy (non-hydrogen) atoms. The standard InChI is InChI=1S/C17H26O8/c1-3-24-9-5-6-10(12(7-9)25-4-2)13-14(20)16(22)17(13,23)15(21)11(19)8-18/h5-7,11,13-16,18-23H,3-4,8H2,1-2H3/t11-,13?,14?,15-,16+,17+/m1/s1. The summed E-state index contributed by atoms with van der Waals surface area (Å²) in [5, 5.41) is 59.9. The van der Waals surface area contributed by atoms with E-state index in [2.05, 4.69) is 0 Å². The topological polar surface area (TPSA) is 140 Å². The van der Waals surface area contributed by atoms with Gasteiger partial charge in [0.2, 0.25) is 0 Å². The van der Waals surface area contributed by atoms with Gasteiger partial charge in [0.15, 0.2) is 0 Å². The van der Waals surface area contributed by atoms with E-state index >= 15 is 0 Å². The lowest BCUT2D eigenvalue weighted by Gasteiger charge is -2.56. The molecule has 0 spiro atoms. The zero-order chi connectivity index (χ0) is 18.8. The number of aliphatic hydroxyl groups is 6. The zero-order valence-electron chi connectivity index (χ0n) is 14.2. The van der Waals surface area contributed by atoms with Crippen LogP contribution in [0.5, 0.6) is 11.5 Å². The largest absolute Gasteiger partial charge is 0.494 e. The molecule has 6 N–H and O–H groups in total. The second-order valence-electron chi connectivity index (χ2n) is 6.06. The van der Waals surface area contributed by atoms with Crippen molar-refractivity contribution in [2.45, 2.75) is 49.8 Å². The molecular weight excluding hydrogens is 332 g/mol. The number of ether oxygens (including phenoxy) is 2. The fraction of sp³-hybridized carbons (Fsp3) is 0.647. The Morgan fingerprint density at radius 1 is 1.12 bits per heavy atom. The van der Waals surface area contributed by atoms with E-state index in [4.69, 9.17) is 14.6 Å². The lowest BCUT2D eigenvalue weighted by atomic mass is 9.58. The molecule has 1 fully saturated rings. The molecule has 0 amide bonds. The van der Waals surface area contributed by atoms with Crippen LogP contribution in [0.2, 0.25) is 0 Å². The molecule has 1 aromatic rings. The molecule has 1 aromatic carbocycles. The Morgan fingerprint density at radius 2 is 1.76 bits per heavy atom. The number of aliphatic hydroxyl groups excluding tert-OH is 5. The lowest BCUT2D eigenvalue weighted by Crippen LogP contribution is -2.75. The highest BCUT2D eigenvalue weighted by molar-refractivity contribution is 5.47. The molecule has 1 saturated carbocycles. The highest BCUT2D eigenvalue weighted by Gasteiger charge is 2.66. The minimum Gasteiger partial charge on any atom is -0.494 e. The average Bonchev–Trinajstić information content (AvgIpc) is 2.62. The van der Waals surface area contributed by atoms with E-state index in [-0.39, 0.29) is 0 Å². The summed E-state index contributed by atoms with van der Waals surface area (Å²) in [7, 11) is 0. The number of hydrogen-bond donors (Lipinski definition) is 6. The maximum absolute atomic E-state index is 10.8. The van der Waals surface area contributed by atoms with Gasteiger partial charge >= 0.3 is 0 Å². The van der Waals surface area contributed by atoms with Gasteiger partial charge in [0.25, 0.3) is 0 Å². The second kappa shape index (κ2) is 7.86. The molecule has 8 nitrogen and oxygen atoms in total. The van der Waals surface area contributed by atoms with E-state index in [9.17, 15) is 25.5 Å². The van der Waals surface area contributed by atoms with Crippen LogP contribution in [0, 0.1) is 0 Å². The van der Waals surface area contributed by atoms with Gasteiger partial charge in [-0.05, 0) is 19.9 Å². The summed E-state index contributed by atoms with van der Waals surface area (Å²) in [6, 6.07) is 4.78. The molecule has 0 aliphatic heterocycles. The molecule has 0 bridgehead atoms. The Kier molecular flexibility index (Phi) is 6.26. The van der Waals surface area contributed by atoms with Crippen molar-refractivity contribution in [3.63, 3.8) is 0 Å². The summed E-state index contributed by atoms with van der Waals surface area (Å²) in [5.74, 6) is -0.256.